The molecule has 2 aromatic carbocycles. The van der Waals surface area contributed by atoms with E-state index in [1.54, 1.807) is 0 Å². The van der Waals surface area contributed by atoms with E-state index in [1.807, 2.05) is 42.5 Å². The zero-order valence-electron chi connectivity index (χ0n) is 17.0. The van der Waals surface area contributed by atoms with Gasteiger partial charge in [-0.15, -0.1) is 11.3 Å². The van der Waals surface area contributed by atoms with Crippen molar-refractivity contribution in [3.05, 3.63) is 64.0 Å². The Hall–Kier alpha value is -2.66. The van der Waals surface area contributed by atoms with Crippen molar-refractivity contribution in [2.75, 3.05) is 5.32 Å². The van der Waals surface area contributed by atoms with Gasteiger partial charge in [-0.1, -0.05) is 51.1 Å². The molecule has 3 N–H and O–H groups in total. The number of nitrogens with two attached hydrogens (primary N) is 1. The molecule has 0 spiro atoms. The second-order valence-electron chi connectivity index (χ2n) is 8.89. The van der Waals surface area contributed by atoms with Crippen LogP contribution < -0.4 is 11.1 Å². The van der Waals surface area contributed by atoms with Crippen molar-refractivity contribution < 1.29 is 9.59 Å². The van der Waals surface area contributed by atoms with Crippen LogP contribution in [-0.4, -0.2) is 11.8 Å². The normalized spacial score (nSPS) is 16.4. The Morgan fingerprint density at radius 1 is 1.10 bits per heavy atom. The SMILES string of the molecule is CC(C)(C)C1CCc2c(sc(NC(=O)c3ccc4ccccc4c3)c2C(N)=O)C1. The van der Waals surface area contributed by atoms with Crippen LogP contribution in [0.3, 0.4) is 0 Å². The van der Waals surface area contributed by atoms with E-state index in [-0.39, 0.29) is 11.3 Å². The number of amides is 2. The third-order valence-corrected chi connectivity index (χ3v) is 7.14. The number of primary amides is 1. The lowest BCUT2D eigenvalue weighted by atomic mass is 9.72. The molecule has 1 atom stereocenters. The van der Waals surface area contributed by atoms with Crippen molar-refractivity contribution in [2.45, 2.75) is 40.0 Å². The van der Waals surface area contributed by atoms with Crippen LogP contribution in [0.25, 0.3) is 10.8 Å². The van der Waals surface area contributed by atoms with Crippen LogP contribution >= 0.6 is 11.3 Å². The van der Waals surface area contributed by atoms with Crippen LogP contribution in [0.4, 0.5) is 5.00 Å². The minimum atomic E-state index is -0.467. The summed E-state index contributed by atoms with van der Waals surface area (Å²) in [4.78, 5) is 26.3. The Kier molecular flexibility index (Phi) is 4.95. The highest BCUT2D eigenvalue weighted by Gasteiger charge is 2.33. The summed E-state index contributed by atoms with van der Waals surface area (Å²) in [5.41, 5.74) is 8.00. The van der Waals surface area contributed by atoms with Crippen LogP contribution in [0.15, 0.2) is 42.5 Å². The summed E-state index contributed by atoms with van der Waals surface area (Å²) >= 11 is 1.50. The van der Waals surface area contributed by atoms with E-state index in [1.165, 1.54) is 16.2 Å². The van der Waals surface area contributed by atoms with E-state index in [9.17, 15) is 9.59 Å². The largest absolute Gasteiger partial charge is 0.365 e. The quantitative estimate of drug-likeness (QED) is 0.611. The first-order chi connectivity index (χ1) is 13.7. The number of hydrogen-bond donors (Lipinski definition) is 2. The van der Waals surface area contributed by atoms with Crippen molar-refractivity contribution in [1.82, 2.24) is 0 Å². The van der Waals surface area contributed by atoms with E-state index in [0.29, 0.717) is 22.0 Å². The third-order valence-electron chi connectivity index (χ3n) is 5.98. The Morgan fingerprint density at radius 3 is 2.52 bits per heavy atom. The molecule has 0 aliphatic heterocycles. The van der Waals surface area contributed by atoms with Crippen molar-refractivity contribution in [1.29, 1.82) is 0 Å². The van der Waals surface area contributed by atoms with Crippen molar-refractivity contribution >= 4 is 38.9 Å². The molecule has 0 radical (unpaired) electrons. The summed E-state index contributed by atoms with van der Waals surface area (Å²) in [5.74, 6) is -0.131. The predicted octanol–water partition coefficient (Wildman–Crippen LogP) is 5.40. The second-order valence-corrected chi connectivity index (χ2v) is 10.00. The van der Waals surface area contributed by atoms with E-state index in [4.69, 9.17) is 5.73 Å². The maximum absolute atomic E-state index is 12.9. The smallest absolute Gasteiger partial charge is 0.256 e. The fraction of sp³-hybridized carbons (Fsp3) is 0.333. The first-order valence-corrected chi connectivity index (χ1v) is 10.8. The molecule has 1 aliphatic carbocycles. The number of nitrogens with one attached hydrogen (secondary N) is 1. The highest BCUT2D eigenvalue weighted by atomic mass is 32.1. The van der Waals surface area contributed by atoms with Crippen molar-refractivity contribution in [3.63, 3.8) is 0 Å². The summed E-state index contributed by atoms with van der Waals surface area (Å²) < 4.78 is 0. The van der Waals surface area contributed by atoms with E-state index in [0.717, 1.165) is 35.6 Å². The number of hydrogen-bond acceptors (Lipinski definition) is 3. The molecular formula is C24H26N2O2S. The van der Waals surface area contributed by atoms with Gasteiger partial charge in [0.25, 0.3) is 11.8 Å². The Bertz CT molecular complexity index is 1110. The predicted molar refractivity (Wildman–Crippen MR) is 120 cm³/mol. The minimum Gasteiger partial charge on any atom is -0.365 e. The number of carbonyl (C=O) groups is 2. The molecule has 29 heavy (non-hydrogen) atoms. The number of thiophene rings is 1. The molecule has 150 valence electrons. The molecule has 0 saturated carbocycles. The zero-order valence-corrected chi connectivity index (χ0v) is 17.9. The standard InChI is InChI=1S/C24H26N2O2S/c1-24(2,3)17-10-11-18-19(13-17)29-23(20(18)21(25)27)26-22(28)16-9-8-14-6-4-5-7-15(14)12-16/h4-9,12,17H,10-11,13H2,1-3H3,(H2,25,27)(H,26,28). The van der Waals surface area contributed by atoms with Gasteiger partial charge in [-0.25, -0.2) is 0 Å². The zero-order chi connectivity index (χ0) is 20.8. The van der Waals surface area contributed by atoms with Crippen LogP contribution in [0.1, 0.15) is 58.3 Å². The fourth-order valence-electron chi connectivity index (χ4n) is 4.18. The van der Waals surface area contributed by atoms with Gasteiger partial charge in [-0.2, -0.15) is 0 Å². The lowest BCUT2D eigenvalue weighted by molar-refractivity contribution is 0.1000. The minimum absolute atomic E-state index is 0.211. The number of benzene rings is 2. The summed E-state index contributed by atoms with van der Waals surface area (Å²) in [6.07, 6.45) is 2.79. The van der Waals surface area contributed by atoms with Crippen LogP contribution in [0.5, 0.6) is 0 Å². The van der Waals surface area contributed by atoms with Gasteiger partial charge in [0.15, 0.2) is 0 Å². The molecule has 1 heterocycles. The Morgan fingerprint density at radius 2 is 1.83 bits per heavy atom. The van der Waals surface area contributed by atoms with Crippen LogP contribution in [0, 0.1) is 11.3 Å². The van der Waals surface area contributed by atoms with Crippen LogP contribution in [0.2, 0.25) is 0 Å². The first-order valence-electron chi connectivity index (χ1n) is 9.98. The second kappa shape index (κ2) is 7.30. The molecular weight excluding hydrogens is 380 g/mol. The van der Waals surface area contributed by atoms with E-state index >= 15 is 0 Å². The highest BCUT2D eigenvalue weighted by molar-refractivity contribution is 7.17. The molecule has 5 heteroatoms. The molecule has 3 aromatic rings. The monoisotopic (exact) mass is 406 g/mol. The average molecular weight is 407 g/mol. The van der Waals surface area contributed by atoms with E-state index in [2.05, 4.69) is 26.1 Å². The van der Waals surface area contributed by atoms with Crippen molar-refractivity contribution in [2.24, 2.45) is 17.1 Å². The van der Waals surface area contributed by atoms with Gasteiger partial charge >= 0.3 is 0 Å². The van der Waals surface area contributed by atoms with Crippen molar-refractivity contribution in [3.8, 4) is 0 Å². The summed E-state index contributed by atoms with van der Waals surface area (Å²) in [6, 6.07) is 13.5. The molecule has 2 amide bonds. The van der Waals surface area contributed by atoms with Gasteiger partial charge in [0.2, 0.25) is 0 Å². The highest BCUT2D eigenvalue weighted by Crippen LogP contribution is 2.44. The average Bonchev–Trinajstić information content (AvgIpc) is 3.04. The maximum atomic E-state index is 12.9. The topological polar surface area (TPSA) is 72.2 Å². The van der Waals surface area contributed by atoms with Gasteiger partial charge in [-0.05, 0) is 59.1 Å². The molecule has 4 nitrogen and oxygen atoms in total. The molecule has 1 unspecified atom stereocenters. The molecule has 0 bridgehead atoms. The summed E-state index contributed by atoms with van der Waals surface area (Å²) in [7, 11) is 0. The fourth-order valence-corrected chi connectivity index (χ4v) is 5.51. The molecule has 1 aliphatic rings. The molecule has 0 fully saturated rings. The molecule has 4 rings (SSSR count). The van der Waals surface area contributed by atoms with Gasteiger partial charge in [0, 0.05) is 10.4 Å². The molecule has 0 saturated heterocycles. The Labute approximate surface area is 175 Å². The number of rotatable bonds is 3. The number of anilines is 1. The van der Waals surface area contributed by atoms with Gasteiger partial charge in [0.1, 0.15) is 5.00 Å². The lowest BCUT2D eigenvalue weighted by Crippen LogP contribution is -2.27. The van der Waals surface area contributed by atoms with Crippen LogP contribution in [-0.2, 0) is 12.8 Å². The Balaban J connectivity index is 1.65. The molecule has 1 aromatic heterocycles. The summed E-state index contributed by atoms with van der Waals surface area (Å²) in [6.45, 7) is 6.77. The van der Waals surface area contributed by atoms with Gasteiger partial charge in [0.05, 0.1) is 5.56 Å². The summed E-state index contributed by atoms with van der Waals surface area (Å²) in [5, 5.41) is 5.63. The maximum Gasteiger partial charge on any atom is 0.256 e. The lowest BCUT2D eigenvalue weighted by Gasteiger charge is -2.33. The first kappa shape index (κ1) is 19.6. The van der Waals surface area contributed by atoms with Gasteiger partial charge < -0.3 is 11.1 Å². The van der Waals surface area contributed by atoms with E-state index < -0.39 is 5.91 Å². The number of carbonyl (C=O) groups excluding carboxylic acids is 2. The van der Waals surface area contributed by atoms with Gasteiger partial charge in [-0.3, -0.25) is 9.59 Å². The third kappa shape index (κ3) is 3.79. The number of fused-ring (bicyclic) bond motifs is 2.